The van der Waals surface area contributed by atoms with E-state index in [9.17, 15) is 13.2 Å². The van der Waals surface area contributed by atoms with E-state index >= 15 is 0 Å². The van der Waals surface area contributed by atoms with Crippen LogP contribution in [-0.2, 0) is 0 Å². The number of hydrogen-bond donors (Lipinski definition) is 1. The fraction of sp³-hybridized carbons (Fsp3) is 0.500. The Morgan fingerprint density at radius 2 is 1.83 bits per heavy atom. The average molecular weight is 281 g/mol. The third-order valence-corrected chi connectivity index (χ3v) is 2.96. The van der Waals surface area contributed by atoms with Gasteiger partial charge < -0.3 is 5.73 Å². The maximum Gasteiger partial charge on any atom is 0.401 e. The SMILES string of the molecule is CCN(CC(F)(F)F)C(CN)c1ccc(Cl)cc1. The number of halogens is 4. The summed E-state index contributed by atoms with van der Waals surface area (Å²) in [6.45, 7) is 1.13. The van der Waals surface area contributed by atoms with Gasteiger partial charge in [0.05, 0.1) is 6.54 Å². The second kappa shape index (κ2) is 6.41. The second-order valence-corrected chi connectivity index (χ2v) is 4.42. The molecule has 1 aromatic carbocycles. The average Bonchev–Trinajstić information content (AvgIpc) is 2.29. The Kier molecular flexibility index (Phi) is 5.44. The molecule has 1 rings (SSSR count). The summed E-state index contributed by atoms with van der Waals surface area (Å²) >= 11 is 5.75. The normalized spacial score (nSPS) is 13.9. The smallest absolute Gasteiger partial charge is 0.329 e. The van der Waals surface area contributed by atoms with Crippen molar-refractivity contribution < 1.29 is 13.2 Å². The van der Waals surface area contributed by atoms with Gasteiger partial charge in [0.15, 0.2) is 0 Å². The van der Waals surface area contributed by atoms with E-state index in [2.05, 4.69) is 0 Å². The van der Waals surface area contributed by atoms with Crippen LogP contribution in [0.3, 0.4) is 0 Å². The fourth-order valence-electron chi connectivity index (χ4n) is 1.85. The molecule has 6 heteroatoms. The quantitative estimate of drug-likeness (QED) is 0.897. The first-order valence-corrected chi connectivity index (χ1v) is 6.01. The van der Waals surface area contributed by atoms with Crippen molar-refractivity contribution in [3.8, 4) is 0 Å². The van der Waals surface area contributed by atoms with Crippen LogP contribution in [0.15, 0.2) is 24.3 Å². The molecule has 0 aromatic heterocycles. The van der Waals surface area contributed by atoms with Crippen molar-refractivity contribution in [3.05, 3.63) is 34.9 Å². The Hall–Kier alpha value is -0.780. The van der Waals surface area contributed by atoms with E-state index in [1.807, 2.05) is 0 Å². The lowest BCUT2D eigenvalue weighted by atomic mass is 10.1. The summed E-state index contributed by atoms with van der Waals surface area (Å²) in [5.41, 5.74) is 6.34. The molecule has 0 heterocycles. The molecule has 102 valence electrons. The molecular formula is C12H16ClF3N2. The monoisotopic (exact) mass is 280 g/mol. The highest BCUT2D eigenvalue weighted by molar-refractivity contribution is 6.30. The molecule has 0 amide bonds. The molecule has 0 aliphatic carbocycles. The van der Waals surface area contributed by atoms with Crippen molar-refractivity contribution in [2.45, 2.75) is 19.1 Å². The Balaban J connectivity index is 2.89. The summed E-state index contributed by atoms with van der Waals surface area (Å²) in [6.07, 6.45) is -4.23. The number of benzene rings is 1. The van der Waals surface area contributed by atoms with Crippen molar-refractivity contribution in [1.29, 1.82) is 0 Å². The maximum atomic E-state index is 12.5. The molecule has 1 aromatic rings. The molecule has 2 nitrogen and oxygen atoms in total. The van der Waals surface area contributed by atoms with Gasteiger partial charge >= 0.3 is 6.18 Å². The van der Waals surface area contributed by atoms with Gasteiger partial charge in [0.25, 0.3) is 0 Å². The zero-order chi connectivity index (χ0) is 13.8. The first kappa shape index (κ1) is 15.3. The molecule has 0 bridgehead atoms. The van der Waals surface area contributed by atoms with Gasteiger partial charge in [-0.05, 0) is 24.2 Å². The van der Waals surface area contributed by atoms with Gasteiger partial charge in [0.2, 0.25) is 0 Å². The predicted molar refractivity (Wildman–Crippen MR) is 66.5 cm³/mol. The topological polar surface area (TPSA) is 29.3 Å². The van der Waals surface area contributed by atoms with Crippen molar-refractivity contribution >= 4 is 11.6 Å². The van der Waals surface area contributed by atoms with Crippen molar-refractivity contribution in [1.82, 2.24) is 4.90 Å². The van der Waals surface area contributed by atoms with E-state index in [0.29, 0.717) is 5.02 Å². The van der Waals surface area contributed by atoms with Crippen LogP contribution in [0.5, 0.6) is 0 Å². The lowest BCUT2D eigenvalue weighted by molar-refractivity contribution is -0.150. The zero-order valence-corrected chi connectivity index (χ0v) is 10.8. The van der Waals surface area contributed by atoms with Crippen LogP contribution < -0.4 is 5.73 Å². The van der Waals surface area contributed by atoms with Crippen molar-refractivity contribution in [2.24, 2.45) is 5.73 Å². The molecular weight excluding hydrogens is 265 g/mol. The van der Waals surface area contributed by atoms with Crippen molar-refractivity contribution in [2.75, 3.05) is 19.6 Å². The van der Waals surface area contributed by atoms with E-state index in [-0.39, 0.29) is 13.1 Å². The predicted octanol–water partition coefficient (Wildman–Crippen LogP) is 3.22. The number of rotatable bonds is 5. The Labute approximate surface area is 110 Å². The van der Waals surface area contributed by atoms with Gasteiger partial charge in [-0.15, -0.1) is 0 Å². The fourth-order valence-corrected chi connectivity index (χ4v) is 1.98. The summed E-state index contributed by atoms with van der Waals surface area (Å²) in [6, 6.07) is 6.27. The lowest BCUT2D eigenvalue weighted by Gasteiger charge is -2.30. The van der Waals surface area contributed by atoms with Gasteiger partial charge in [-0.1, -0.05) is 30.7 Å². The molecule has 0 saturated carbocycles. The molecule has 1 unspecified atom stereocenters. The third-order valence-electron chi connectivity index (χ3n) is 2.71. The molecule has 0 saturated heterocycles. The summed E-state index contributed by atoms with van der Waals surface area (Å²) < 4.78 is 37.4. The highest BCUT2D eigenvalue weighted by Gasteiger charge is 2.33. The second-order valence-electron chi connectivity index (χ2n) is 3.98. The lowest BCUT2D eigenvalue weighted by Crippen LogP contribution is -2.40. The van der Waals surface area contributed by atoms with Gasteiger partial charge in [-0.25, -0.2) is 0 Å². The van der Waals surface area contributed by atoms with Gasteiger partial charge in [-0.3, -0.25) is 4.90 Å². The molecule has 0 aliphatic rings. The van der Waals surface area contributed by atoms with Crippen LogP contribution in [0.4, 0.5) is 13.2 Å². The first-order chi connectivity index (χ1) is 8.37. The highest BCUT2D eigenvalue weighted by atomic mass is 35.5. The number of likely N-dealkylation sites (N-methyl/N-ethyl adjacent to an activating group) is 1. The minimum atomic E-state index is -4.23. The molecule has 0 spiro atoms. The van der Waals surface area contributed by atoms with E-state index in [4.69, 9.17) is 17.3 Å². The number of hydrogen-bond acceptors (Lipinski definition) is 2. The van der Waals surface area contributed by atoms with E-state index < -0.39 is 18.8 Å². The Morgan fingerprint density at radius 1 is 1.28 bits per heavy atom. The summed E-state index contributed by atoms with van der Waals surface area (Å²) in [5.74, 6) is 0. The van der Waals surface area contributed by atoms with Crippen LogP contribution in [0, 0.1) is 0 Å². The van der Waals surface area contributed by atoms with Crippen LogP contribution in [-0.4, -0.2) is 30.7 Å². The van der Waals surface area contributed by atoms with E-state index in [0.717, 1.165) is 5.56 Å². The van der Waals surface area contributed by atoms with Gasteiger partial charge in [0.1, 0.15) is 0 Å². The third kappa shape index (κ3) is 4.48. The highest BCUT2D eigenvalue weighted by Crippen LogP contribution is 2.25. The molecule has 0 aliphatic heterocycles. The van der Waals surface area contributed by atoms with Gasteiger partial charge in [-0.2, -0.15) is 13.2 Å². The summed E-state index contributed by atoms with van der Waals surface area (Å²) in [7, 11) is 0. The Bertz CT molecular complexity index is 365. The van der Waals surface area contributed by atoms with E-state index in [1.54, 1.807) is 31.2 Å². The molecule has 0 fully saturated rings. The van der Waals surface area contributed by atoms with Gasteiger partial charge in [0, 0.05) is 17.6 Å². The van der Waals surface area contributed by atoms with E-state index in [1.165, 1.54) is 4.90 Å². The minimum absolute atomic E-state index is 0.131. The molecule has 1 atom stereocenters. The number of alkyl halides is 3. The molecule has 0 radical (unpaired) electrons. The summed E-state index contributed by atoms with van der Waals surface area (Å²) in [4.78, 5) is 1.31. The first-order valence-electron chi connectivity index (χ1n) is 5.63. The zero-order valence-electron chi connectivity index (χ0n) is 10.0. The number of nitrogens with two attached hydrogens (primary N) is 1. The maximum absolute atomic E-state index is 12.5. The Morgan fingerprint density at radius 3 is 2.22 bits per heavy atom. The minimum Gasteiger partial charge on any atom is -0.329 e. The largest absolute Gasteiger partial charge is 0.401 e. The molecule has 2 N–H and O–H groups in total. The standard InChI is InChI=1S/C12H16ClF3N2/c1-2-18(8-12(14,15)16)11(7-17)9-3-5-10(13)6-4-9/h3-6,11H,2,7-8,17H2,1H3. The van der Waals surface area contributed by atoms with Crippen LogP contribution in [0.25, 0.3) is 0 Å². The van der Waals surface area contributed by atoms with Crippen molar-refractivity contribution in [3.63, 3.8) is 0 Å². The van der Waals surface area contributed by atoms with Crippen LogP contribution in [0.2, 0.25) is 5.02 Å². The summed E-state index contributed by atoms with van der Waals surface area (Å²) in [5, 5.41) is 0.549. The van der Waals surface area contributed by atoms with Crippen LogP contribution in [0.1, 0.15) is 18.5 Å². The number of nitrogens with zero attached hydrogens (tertiary/aromatic N) is 1. The molecule has 18 heavy (non-hydrogen) atoms. The van der Waals surface area contributed by atoms with Crippen LogP contribution >= 0.6 is 11.6 Å².